The fourth-order valence-corrected chi connectivity index (χ4v) is 4.11. The van der Waals surface area contributed by atoms with E-state index in [0.29, 0.717) is 24.8 Å². The van der Waals surface area contributed by atoms with Crippen LogP contribution in [0.1, 0.15) is 37.6 Å². The van der Waals surface area contributed by atoms with Gasteiger partial charge in [-0.25, -0.2) is 4.98 Å². The largest absolute Gasteiger partial charge is 0.494 e. The number of ether oxygens (including phenoxy) is 2. The molecule has 0 spiro atoms. The van der Waals surface area contributed by atoms with Gasteiger partial charge in [-0.2, -0.15) is 0 Å². The Morgan fingerprint density at radius 3 is 2.49 bits per heavy atom. The number of fused-ring (bicyclic) bond motifs is 1. The van der Waals surface area contributed by atoms with E-state index in [9.17, 15) is 4.79 Å². The summed E-state index contributed by atoms with van der Waals surface area (Å²) in [5, 5.41) is 3.79. The van der Waals surface area contributed by atoms with Crippen LogP contribution in [0.4, 0.5) is 5.82 Å². The number of carbonyl (C=O) groups is 1. The lowest BCUT2D eigenvalue weighted by Gasteiger charge is -2.15. The average Bonchev–Trinajstić information content (AvgIpc) is 3.26. The van der Waals surface area contributed by atoms with Crippen molar-refractivity contribution in [1.82, 2.24) is 4.98 Å². The van der Waals surface area contributed by atoms with E-state index in [2.05, 4.69) is 10.3 Å². The number of carbonyl (C=O) groups excluding carboxylic acids is 1. The number of allylic oxidation sites excluding steroid dienone is 1. The molecule has 0 saturated heterocycles. The molecule has 2 heterocycles. The van der Waals surface area contributed by atoms with Crippen molar-refractivity contribution in [1.29, 1.82) is 0 Å². The number of hydrogen-bond acceptors (Lipinski definition) is 5. The quantitative estimate of drug-likeness (QED) is 0.282. The Kier molecular flexibility index (Phi) is 7.20. The highest BCUT2D eigenvalue weighted by atomic mass is 16.5. The molecular formula is C29H30N2O4. The number of benzene rings is 2. The molecule has 0 fully saturated rings. The highest BCUT2D eigenvalue weighted by Crippen LogP contribution is 2.41. The monoisotopic (exact) mass is 470 g/mol. The average molecular weight is 471 g/mol. The summed E-state index contributed by atoms with van der Waals surface area (Å²) >= 11 is 0. The molecule has 1 amide bonds. The van der Waals surface area contributed by atoms with Crippen LogP contribution in [0.25, 0.3) is 27.7 Å². The summed E-state index contributed by atoms with van der Waals surface area (Å²) in [6, 6.07) is 15.5. The molecule has 6 heteroatoms. The van der Waals surface area contributed by atoms with Gasteiger partial charge in [0.15, 0.2) is 0 Å². The highest BCUT2D eigenvalue weighted by Gasteiger charge is 2.19. The molecule has 0 bridgehead atoms. The Morgan fingerprint density at radius 2 is 1.80 bits per heavy atom. The summed E-state index contributed by atoms with van der Waals surface area (Å²) in [5.41, 5.74) is 6.11. The summed E-state index contributed by atoms with van der Waals surface area (Å²) in [6.45, 7) is 10.8. The molecule has 35 heavy (non-hydrogen) atoms. The predicted molar refractivity (Wildman–Crippen MR) is 140 cm³/mol. The van der Waals surface area contributed by atoms with Gasteiger partial charge in [-0.3, -0.25) is 4.79 Å². The molecule has 180 valence electrons. The van der Waals surface area contributed by atoms with Crippen LogP contribution in [-0.2, 0) is 4.79 Å². The van der Waals surface area contributed by atoms with Gasteiger partial charge in [-0.15, -0.1) is 0 Å². The lowest BCUT2D eigenvalue weighted by molar-refractivity contribution is -0.111. The van der Waals surface area contributed by atoms with Crippen LogP contribution in [0, 0.1) is 13.8 Å². The van der Waals surface area contributed by atoms with Gasteiger partial charge in [0.2, 0.25) is 5.91 Å². The minimum Gasteiger partial charge on any atom is -0.494 e. The molecule has 0 aliphatic rings. The first-order chi connectivity index (χ1) is 16.9. The standard InChI is InChI=1S/C29H30N2O4/c1-6-33-22-13-11-21(12-14-22)25-17-35-29-20(5)28(34-7-2)23(16-24(25)29)18(3)15-27(32)31-26-10-8-9-19(4)30-26/h8-17H,6-7H2,1-5H3,(H,30,31,32)/b18-15+. The Balaban J connectivity index is 1.75. The van der Waals surface area contributed by atoms with Crippen molar-refractivity contribution < 1.29 is 18.7 Å². The second-order valence-electron chi connectivity index (χ2n) is 8.28. The van der Waals surface area contributed by atoms with Crippen LogP contribution in [0.15, 0.2) is 65.3 Å². The lowest BCUT2D eigenvalue weighted by Crippen LogP contribution is -2.10. The molecule has 4 rings (SSSR count). The molecule has 0 aliphatic heterocycles. The topological polar surface area (TPSA) is 73.6 Å². The number of aryl methyl sites for hydroxylation is 2. The molecule has 6 nitrogen and oxygen atoms in total. The second kappa shape index (κ2) is 10.5. The lowest BCUT2D eigenvalue weighted by atomic mass is 9.96. The van der Waals surface area contributed by atoms with Crippen molar-refractivity contribution in [3.8, 4) is 22.6 Å². The summed E-state index contributed by atoms with van der Waals surface area (Å²) in [5.74, 6) is 1.80. The van der Waals surface area contributed by atoms with E-state index in [0.717, 1.165) is 50.2 Å². The van der Waals surface area contributed by atoms with Crippen molar-refractivity contribution in [2.45, 2.75) is 34.6 Å². The maximum Gasteiger partial charge on any atom is 0.249 e. The van der Waals surface area contributed by atoms with Crippen molar-refractivity contribution >= 4 is 28.3 Å². The van der Waals surface area contributed by atoms with Crippen molar-refractivity contribution in [2.24, 2.45) is 0 Å². The third-order valence-electron chi connectivity index (χ3n) is 5.72. The van der Waals surface area contributed by atoms with Gasteiger partial charge in [0.25, 0.3) is 0 Å². The molecule has 0 radical (unpaired) electrons. The number of hydrogen-bond donors (Lipinski definition) is 1. The SMILES string of the molecule is CCOc1ccc(-c2coc3c(C)c(OCC)c(/C(C)=C/C(=O)Nc4cccc(C)n4)cc23)cc1. The summed E-state index contributed by atoms with van der Waals surface area (Å²) in [4.78, 5) is 17.1. The minimum atomic E-state index is -0.250. The maximum atomic E-state index is 12.8. The number of amides is 1. The van der Waals surface area contributed by atoms with Crippen molar-refractivity contribution in [3.05, 3.63) is 77.7 Å². The fourth-order valence-electron chi connectivity index (χ4n) is 4.11. The first kappa shape index (κ1) is 24.1. The van der Waals surface area contributed by atoms with E-state index in [1.807, 2.05) is 77.1 Å². The normalized spacial score (nSPS) is 11.5. The number of nitrogens with zero attached hydrogens (tertiary/aromatic N) is 1. The number of nitrogens with one attached hydrogen (secondary N) is 1. The zero-order valence-electron chi connectivity index (χ0n) is 20.8. The van der Waals surface area contributed by atoms with E-state index in [1.165, 1.54) is 0 Å². The van der Waals surface area contributed by atoms with E-state index in [4.69, 9.17) is 13.9 Å². The van der Waals surface area contributed by atoms with E-state index >= 15 is 0 Å². The first-order valence-electron chi connectivity index (χ1n) is 11.7. The smallest absolute Gasteiger partial charge is 0.249 e. The maximum absolute atomic E-state index is 12.8. The Labute approximate surface area is 205 Å². The van der Waals surface area contributed by atoms with Crippen molar-refractivity contribution in [2.75, 3.05) is 18.5 Å². The third kappa shape index (κ3) is 5.22. The van der Waals surface area contributed by atoms with Gasteiger partial charge in [0.05, 0.1) is 19.5 Å². The fraction of sp³-hybridized carbons (Fsp3) is 0.241. The van der Waals surface area contributed by atoms with Gasteiger partial charge in [-0.1, -0.05) is 18.2 Å². The van der Waals surface area contributed by atoms with Gasteiger partial charge >= 0.3 is 0 Å². The van der Waals surface area contributed by atoms with Crippen LogP contribution >= 0.6 is 0 Å². The van der Waals surface area contributed by atoms with Crippen LogP contribution in [0.5, 0.6) is 11.5 Å². The second-order valence-corrected chi connectivity index (χ2v) is 8.28. The Morgan fingerprint density at radius 1 is 1.06 bits per heavy atom. The Bertz CT molecular complexity index is 1380. The number of aromatic nitrogens is 1. The molecule has 0 saturated carbocycles. The van der Waals surface area contributed by atoms with Crippen LogP contribution in [0.3, 0.4) is 0 Å². The highest BCUT2D eigenvalue weighted by molar-refractivity contribution is 6.05. The molecular weight excluding hydrogens is 440 g/mol. The Hall–Kier alpha value is -4.06. The molecule has 2 aromatic heterocycles. The molecule has 4 aromatic rings. The van der Waals surface area contributed by atoms with Gasteiger partial charge < -0.3 is 19.2 Å². The minimum absolute atomic E-state index is 0.250. The van der Waals surface area contributed by atoms with Crippen LogP contribution in [-0.4, -0.2) is 24.1 Å². The van der Waals surface area contributed by atoms with E-state index in [-0.39, 0.29) is 5.91 Å². The third-order valence-corrected chi connectivity index (χ3v) is 5.72. The zero-order valence-corrected chi connectivity index (χ0v) is 20.8. The van der Waals surface area contributed by atoms with Crippen LogP contribution in [0.2, 0.25) is 0 Å². The molecule has 0 aliphatic carbocycles. The summed E-state index contributed by atoms with van der Waals surface area (Å²) in [7, 11) is 0. The molecule has 1 N–H and O–H groups in total. The van der Waals surface area contributed by atoms with Crippen LogP contribution < -0.4 is 14.8 Å². The molecule has 0 atom stereocenters. The summed E-state index contributed by atoms with van der Waals surface area (Å²) < 4.78 is 17.6. The van der Waals surface area contributed by atoms with E-state index < -0.39 is 0 Å². The molecule has 0 unspecified atom stereocenters. The molecule has 2 aromatic carbocycles. The van der Waals surface area contributed by atoms with Gasteiger partial charge in [-0.05, 0) is 76.1 Å². The predicted octanol–water partition coefficient (Wildman–Crippen LogP) is 6.95. The number of pyridine rings is 1. The van der Waals surface area contributed by atoms with Gasteiger partial charge in [0, 0.05) is 33.8 Å². The van der Waals surface area contributed by atoms with Crippen molar-refractivity contribution in [3.63, 3.8) is 0 Å². The number of furan rings is 1. The first-order valence-corrected chi connectivity index (χ1v) is 11.7. The summed E-state index contributed by atoms with van der Waals surface area (Å²) in [6.07, 6.45) is 3.34. The van der Waals surface area contributed by atoms with Gasteiger partial charge in [0.1, 0.15) is 22.9 Å². The van der Waals surface area contributed by atoms with E-state index in [1.54, 1.807) is 18.4 Å². The number of rotatable bonds is 8. The number of anilines is 1. The zero-order chi connectivity index (χ0) is 24.9.